The topological polar surface area (TPSA) is 52.3 Å². The second-order valence-corrected chi connectivity index (χ2v) is 4.99. The highest BCUT2D eigenvalue weighted by atomic mass is 32.2. The molecule has 1 aliphatic heterocycles. The molecule has 4 heteroatoms. The molecule has 0 saturated carbocycles. The van der Waals surface area contributed by atoms with Crippen molar-refractivity contribution in [1.29, 1.82) is 0 Å². The van der Waals surface area contributed by atoms with Crippen molar-refractivity contribution in [2.24, 2.45) is 5.73 Å². The molecule has 0 saturated heterocycles. The summed E-state index contributed by atoms with van der Waals surface area (Å²) in [7, 11) is -0.327. The van der Waals surface area contributed by atoms with Gasteiger partial charge in [-0.1, -0.05) is 12.2 Å². The molecule has 13 heavy (non-hydrogen) atoms. The Morgan fingerprint density at radius 1 is 1.54 bits per heavy atom. The number of allylic oxidation sites excluding steroid dienone is 2. The molecule has 1 radical (unpaired) electrons. The van der Waals surface area contributed by atoms with Gasteiger partial charge in [0.25, 0.3) is 0 Å². The average molecular weight is 200 g/mol. The maximum Gasteiger partial charge on any atom is 0.336 e. The fourth-order valence-corrected chi connectivity index (χ4v) is 2.39. The van der Waals surface area contributed by atoms with E-state index in [0.717, 1.165) is 0 Å². The van der Waals surface area contributed by atoms with Crippen LogP contribution in [0, 0.1) is 0 Å². The van der Waals surface area contributed by atoms with E-state index in [1.807, 2.05) is 23.0 Å². The Morgan fingerprint density at radius 3 is 2.54 bits per heavy atom. The SMILES string of the molecule is CCOC(=O)[C@@](C)(N)[S]1C=CC=C1. The Bertz CT molecular complexity index is 246. The normalized spacial score (nSPS) is 20.2. The fraction of sp³-hybridized carbons (Fsp3) is 0.444. The number of rotatable bonds is 3. The van der Waals surface area contributed by atoms with Crippen molar-refractivity contribution in [2.75, 3.05) is 6.61 Å². The number of nitrogens with two attached hydrogens (primary N) is 1. The van der Waals surface area contributed by atoms with Crippen molar-refractivity contribution in [3.63, 3.8) is 0 Å². The molecule has 0 amide bonds. The molecular formula is C9H14NO2S. The standard InChI is InChI=1S/C9H14NO2S/c1-3-12-8(11)9(2,10)13-6-4-5-7-13/h4-7H,3,10H2,1-2H3/t9-/m0/s1. The maximum absolute atomic E-state index is 11.4. The van der Waals surface area contributed by atoms with Crippen LogP contribution in [0.5, 0.6) is 0 Å². The predicted molar refractivity (Wildman–Crippen MR) is 55.1 cm³/mol. The Hall–Kier alpha value is -0.740. The Balaban J connectivity index is 2.69. The van der Waals surface area contributed by atoms with E-state index in [9.17, 15) is 4.79 Å². The molecule has 1 aliphatic rings. The third-order valence-corrected chi connectivity index (χ3v) is 3.78. The van der Waals surface area contributed by atoms with E-state index in [1.165, 1.54) is 0 Å². The van der Waals surface area contributed by atoms with Gasteiger partial charge in [0.15, 0.2) is 4.87 Å². The van der Waals surface area contributed by atoms with Crippen molar-refractivity contribution >= 4 is 16.9 Å². The van der Waals surface area contributed by atoms with Crippen molar-refractivity contribution in [3.05, 3.63) is 23.0 Å². The number of carbonyl (C=O) groups excluding carboxylic acids is 1. The number of hydrogen-bond acceptors (Lipinski definition) is 3. The van der Waals surface area contributed by atoms with E-state index in [1.54, 1.807) is 13.8 Å². The minimum absolute atomic E-state index is 0.327. The van der Waals surface area contributed by atoms with E-state index in [-0.39, 0.29) is 16.9 Å². The minimum Gasteiger partial charge on any atom is -0.464 e. The van der Waals surface area contributed by atoms with Crippen LogP contribution in [-0.4, -0.2) is 17.4 Å². The lowest BCUT2D eigenvalue weighted by molar-refractivity contribution is -0.145. The van der Waals surface area contributed by atoms with E-state index in [0.29, 0.717) is 6.61 Å². The van der Waals surface area contributed by atoms with Crippen LogP contribution in [0.2, 0.25) is 0 Å². The van der Waals surface area contributed by atoms with Crippen LogP contribution in [-0.2, 0) is 9.53 Å². The van der Waals surface area contributed by atoms with E-state index < -0.39 is 4.87 Å². The molecule has 0 fully saturated rings. The van der Waals surface area contributed by atoms with Crippen LogP contribution in [0.25, 0.3) is 0 Å². The first kappa shape index (κ1) is 10.3. The van der Waals surface area contributed by atoms with Gasteiger partial charge in [-0.05, 0) is 24.7 Å². The first-order chi connectivity index (χ1) is 6.09. The summed E-state index contributed by atoms with van der Waals surface area (Å²) in [5.74, 6) is -0.338. The average Bonchev–Trinajstić information content (AvgIpc) is 2.56. The van der Waals surface area contributed by atoms with Crippen molar-refractivity contribution in [3.8, 4) is 0 Å². The third-order valence-electron chi connectivity index (χ3n) is 1.73. The van der Waals surface area contributed by atoms with Gasteiger partial charge >= 0.3 is 5.97 Å². The zero-order valence-corrected chi connectivity index (χ0v) is 8.64. The lowest BCUT2D eigenvalue weighted by Crippen LogP contribution is -2.44. The quantitative estimate of drug-likeness (QED) is 0.703. The molecule has 0 unspecified atom stereocenters. The largest absolute Gasteiger partial charge is 0.464 e. The monoisotopic (exact) mass is 200 g/mol. The molecule has 0 aromatic heterocycles. The van der Waals surface area contributed by atoms with Gasteiger partial charge in [0.05, 0.1) is 6.61 Å². The van der Waals surface area contributed by atoms with Gasteiger partial charge in [0.1, 0.15) is 0 Å². The maximum atomic E-state index is 11.4. The molecule has 0 aromatic carbocycles. The minimum atomic E-state index is -0.917. The van der Waals surface area contributed by atoms with Crippen molar-refractivity contribution < 1.29 is 9.53 Å². The van der Waals surface area contributed by atoms with E-state index in [4.69, 9.17) is 10.5 Å². The summed E-state index contributed by atoms with van der Waals surface area (Å²) in [4.78, 5) is 10.5. The van der Waals surface area contributed by atoms with E-state index >= 15 is 0 Å². The smallest absolute Gasteiger partial charge is 0.336 e. The summed E-state index contributed by atoms with van der Waals surface area (Å²) in [6.07, 6.45) is 3.79. The van der Waals surface area contributed by atoms with Gasteiger partial charge < -0.3 is 10.5 Å². The van der Waals surface area contributed by atoms with Crippen LogP contribution >= 0.6 is 10.9 Å². The van der Waals surface area contributed by atoms with Crippen LogP contribution in [0.4, 0.5) is 0 Å². The Morgan fingerprint density at radius 2 is 2.08 bits per heavy atom. The lowest BCUT2D eigenvalue weighted by atomic mass is 10.4. The molecule has 3 nitrogen and oxygen atoms in total. The fourth-order valence-electron chi connectivity index (χ4n) is 0.959. The highest BCUT2D eigenvalue weighted by Gasteiger charge is 2.35. The van der Waals surface area contributed by atoms with Gasteiger partial charge in [-0.25, -0.2) is 4.79 Å². The summed E-state index contributed by atoms with van der Waals surface area (Å²) >= 11 is 0. The van der Waals surface area contributed by atoms with Crippen LogP contribution in [0.1, 0.15) is 13.8 Å². The first-order valence-electron chi connectivity index (χ1n) is 4.12. The van der Waals surface area contributed by atoms with Gasteiger partial charge in [0, 0.05) is 0 Å². The van der Waals surface area contributed by atoms with Gasteiger partial charge in [-0.2, -0.15) is 0 Å². The second kappa shape index (κ2) is 3.98. The first-order valence-corrected chi connectivity index (χ1v) is 5.47. The molecule has 0 spiro atoms. The molecule has 73 valence electrons. The molecule has 1 rings (SSSR count). The van der Waals surface area contributed by atoms with Crippen molar-refractivity contribution in [1.82, 2.24) is 0 Å². The number of hydrogen-bond donors (Lipinski definition) is 1. The molecule has 0 bridgehead atoms. The highest BCUT2D eigenvalue weighted by molar-refractivity contribution is 8.23. The Labute approximate surface area is 81.0 Å². The van der Waals surface area contributed by atoms with Crippen LogP contribution < -0.4 is 5.73 Å². The summed E-state index contributed by atoms with van der Waals surface area (Å²) < 4.78 is 4.89. The molecule has 2 N–H and O–H groups in total. The molecule has 0 aliphatic carbocycles. The second-order valence-electron chi connectivity index (χ2n) is 2.86. The number of ether oxygens (including phenoxy) is 1. The van der Waals surface area contributed by atoms with Crippen LogP contribution in [0.3, 0.4) is 0 Å². The summed E-state index contributed by atoms with van der Waals surface area (Å²) in [6, 6.07) is 0. The van der Waals surface area contributed by atoms with E-state index in [2.05, 4.69) is 0 Å². The summed E-state index contributed by atoms with van der Waals surface area (Å²) in [5, 5.41) is 3.86. The van der Waals surface area contributed by atoms with Crippen LogP contribution in [0.15, 0.2) is 23.0 Å². The number of esters is 1. The predicted octanol–water partition coefficient (Wildman–Crippen LogP) is 1.53. The zero-order valence-electron chi connectivity index (χ0n) is 7.82. The zero-order chi connectivity index (χ0) is 9.90. The Kier molecular flexibility index (Phi) is 3.17. The summed E-state index contributed by atoms with van der Waals surface area (Å²) in [5.41, 5.74) is 5.89. The molecule has 1 heterocycles. The molecular weight excluding hydrogens is 186 g/mol. The number of carbonyl (C=O) groups is 1. The van der Waals surface area contributed by atoms with Gasteiger partial charge in [-0.15, -0.1) is 10.9 Å². The third kappa shape index (κ3) is 2.14. The van der Waals surface area contributed by atoms with Gasteiger partial charge in [-0.3, -0.25) is 0 Å². The highest BCUT2D eigenvalue weighted by Crippen LogP contribution is 2.43. The van der Waals surface area contributed by atoms with Crippen molar-refractivity contribution in [2.45, 2.75) is 18.7 Å². The molecule has 1 atom stereocenters. The van der Waals surface area contributed by atoms with Gasteiger partial charge in [0.2, 0.25) is 0 Å². The summed E-state index contributed by atoms with van der Waals surface area (Å²) in [6.45, 7) is 3.85. The lowest BCUT2D eigenvalue weighted by Gasteiger charge is -2.27. The molecule has 0 aromatic rings.